The van der Waals surface area contributed by atoms with Crippen LogP contribution in [0.4, 0.5) is 5.69 Å². The van der Waals surface area contributed by atoms with Crippen molar-refractivity contribution in [2.75, 3.05) is 64.1 Å². The third-order valence-electron chi connectivity index (χ3n) is 12.4. The number of unbranched alkanes of at least 4 members (excludes halogenated alkanes) is 2. The second-order valence-corrected chi connectivity index (χ2v) is 20.4. The van der Waals surface area contributed by atoms with Gasteiger partial charge in [-0.2, -0.15) is 0 Å². The number of sulfonamides is 1. The first kappa shape index (κ1) is 43.7. The average Bonchev–Trinajstić information content (AvgIpc) is 3.22. The lowest BCUT2D eigenvalue weighted by Gasteiger charge is -2.39. The molecule has 8 rings (SSSR count). The number of amides is 1. The fourth-order valence-electron chi connectivity index (χ4n) is 9.80. The van der Waals surface area contributed by atoms with Gasteiger partial charge in [-0.05, 0) is 95.0 Å². The summed E-state index contributed by atoms with van der Waals surface area (Å²) in [6.45, 7) is 9.34. The lowest BCUT2D eigenvalue weighted by atomic mass is 9.82. The zero-order valence-corrected chi connectivity index (χ0v) is 37.0. The van der Waals surface area contributed by atoms with E-state index in [2.05, 4.69) is 31.6 Å². The van der Waals surface area contributed by atoms with Crippen molar-refractivity contribution in [3.8, 4) is 11.5 Å². The minimum atomic E-state index is -5.17. The number of carbonyl (C=O) groups excluding carboxylic acids is 1. The van der Waals surface area contributed by atoms with Gasteiger partial charge in [0.25, 0.3) is 0 Å². The zero-order valence-electron chi connectivity index (χ0n) is 35.4. The number of hydrogen-bond donors (Lipinski definition) is 3. The number of aryl methyl sites for hydroxylation is 2. The Labute approximate surface area is 359 Å². The fourth-order valence-corrected chi connectivity index (χ4v) is 11.7. The largest absolute Gasteiger partial charge is 0.744 e. The summed E-state index contributed by atoms with van der Waals surface area (Å²) in [5.74, 6) is 1.30. The van der Waals surface area contributed by atoms with Gasteiger partial charge in [-0.1, -0.05) is 12.5 Å². The molecular formula is C45H59N5O9S2. The van der Waals surface area contributed by atoms with E-state index in [1.165, 1.54) is 34.3 Å². The quantitative estimate of drug-likeness (QED) is 0.0757. The number of nitrogens with zero attached hydrogens (tertiary/aromatic N) is 2. The number of rotatable bonds is 18. The molecule has 0 saturated heterocycles. The van der Waals surface area contributed by atoms with E-state index in [0.29, 0.717) is 62.8 Å². The minimum absolute atomic E-state index is 0.0378. The minimum Gasteiger partial charge on any atom is -0.744 e. The molecule has 330 valence electrons. The topological polar surface area (TPSA) is 192 Å². The molecule has 4 N–H and O–H groups in total. The Kier molecular flexibility index (Phi) is 13.2. The van der Waals surface area contributed by atoms with Crippen LogP contribution in [0.2, 0.25) is 0 Å². The lowest BCUT2D eigenvalue weighted by molar-refractivity contribution is -0.122. The molecule has 0 aliphatic carbocycles. The Morgan fingerprint density at radius 2 is 1.59 bits per heavy atom. The number of hydrogen-bond acceptors (Lipinski definition) is 11. The van der Waals surface area contributed by atoms with Gasteiger partial charge in [0.15, 0.2) is 0 Å². The van der Waals surface area contributed by atoms with Crippen LogP contribution in [0.5, 0.6) is 11.5 Å². The van der Waals surface area contributed by atoms with Crippen molar-refractivity contribution in [3.05, 3.63) is 74.3 Å². The summed E-state index contributed by atoms with van der Waals surface area (Å²) in [6.07, 6.45) is 9.21. The van der Waals surface area contributed by atoms with Crippen LogP contribution in [0.1, 0.15) is 98.6 Å². The van der Waals surface area contributed by atoms with Gasteiger partial charge in [-0.3, -0.25) is 4.79 Å². The van der Waals surface area contributed by atoms with Crippen molar-refractivity contribution in [1.29, 1.82) is 0 Å². The first-order chi connectivity index (χ1) is 29.3. The van der Waals surface area contributed by atoms with E-state index in [4.69, 9.17) is 19.9 Å². The van der Waals surface area contributed by atoms with Gasteiger partial charge in [-0.25, -0.2) is 26.1 Å². The molecule has 2 unspecified atom stereocenters. The van der Waals surface area contributed by atoms with E-state index in [1.807, 2.05) is 13.8 Å². The van der Waals surface area contributed by atoms with Crippen LogP contribution in [0.3, 0.4) is 0 Å². The normalized spacial score (nSPS) is 17.7. The Morgan fingerprint density at radius 1 is 0.869 bits per heavy atom. The zero-order chi connectivity index (χ0) is 42.9. The molecule has 0 spiro atoms. The van der Waals surface area contributed by atoms with E-state index in [1.54, 1.807) is 0 Å². The van der Waals surface area contributed by atoms with Gasteiger partial charge in [0.1, 0.15) is 34.7 Å². The van der Waals surface area contributed by atoms with Crippen LogP contribution in [0.15, 0.2) is 40.1 Å². The van der Waals surface area contributed by atoms with Gasteiger partial charge >= 0.3 is 0 Å². The molecule has 3 aromatic carbocycles. The van der Waals surface area contributed by atoms with Crippen LogP contribution in [-0.4, -0.2) is 98.5 Å². The standard InChI is InChI=1S/C45H59N5O9S2/c1-29(46)27-57-22-23-58-28-30(2)48-40(51)14-4-3-5-17-47-60(52,53)33-15-16-34(39(26-33)61(54,55)56)41-37-24-31-10-6-18-49-20-8-12-35(42(31)49)44(37)59-45-36-13-9-21-50-19-7-11-32(43(36)50)25-38(41)45/h15-16,24-26,29-30,47H,3-14,17-23,27-28,46H2,1-2H3,(H-,48,51,54,55,56). The molecule has 1 amide bonds. The molecule has 16 heteroatoms. The van der Waals surface area contributed by atoms with Crippen molar-refractivity contribution in [3.63, 3.8) is 0 Å². The van der Waals surface area contributed by atoms with Gasteiger partial charge in [0.05, 0.1) is 41.8 Å². The Hall–Kier alpha value is -3.90. The van der Waals surface area contributed by atoms with Crippen molar-refractivity contribution in [2.24, 2.45) is 5.73 Å². The van der Waals surface area contributed by atoms with Gasteiger partial charge in [0, 0.05) is 89.7 Å². The molecule has 0 radical (unpaired) electrons. The highest BCUT2D eigenvalue weighted by Crippen LogP contribution is 2.49. The number of carbonyl (C=O) groups is 1. The van der Waals surface area contributed by atoms with E-state index >= 15 is 0 Å². The third kappa shape index (κ3) is 9.41. The molecule has 0 fully saturated rings. The molecule has 5 aliphatic heterocycles. The van der Waals surface area contributed by atoms with E-state index in [0.717, 1.165) is 106 Å². The van der Waals surface area contributed by atoms with E-state index in [9.17, 15) is 26.2 Å². The van der Waals surface area contributed by atoms with Crippen molar-refractivity contribution < 1.29 is 40.4 Å². The highest BCUT2D eigenvalue weighted by atomic mass is 32.2. The number of nitrogens with one attached hydrogen (secondary N) is 2. The molecule has 2 atom stereocenters. The highest BCUT2D eigenvalue weighted by molar-refractivity contribution is 7.89. The average molecular weight is 878 g/mol. The predicted molar refractivity (Wildman–Crippen MR) is 231 cm³/mol. The molecule has 0 aromatic heterocycles. The second-order valence-electron chi connectivity index (χ2n) is 17.3. The molecule has 14 nitrogen and oxygen atoms in total. The molecule has 61 heavy (non-hydrogen) atoms. The van der Waals surface area contributed by atoms with Crippen LogP contribution in [0, 0.1) is 0 Å². The van der Waals surface area contributed by atoms with E-state index < -0.39 is 25.0 Å². The summed E-state index contributed by atoms with van der Waals surface area (Å²) in [7, 11) is -9.37. The maximum atomic E-state index is 13.7. The fraction of sp³-hybridized carbons (Fsp3) is 0.556. The number of fused-ring (bicyclic) bond motifs is 4. The van der Waals surface area contributed by atoms with E-state index in [-0.39, 0.29) is 41.4 Å². The monoisotopic (exact) mass is 877 g/mol. The maximum absolute atomic E-state index is 13.7. The first-order valence-corrected chi connectivity index (χ1v) is 24.9. The summed E-state index contributed by atoms with van der Waals surface area (Å²) >= 11 is 0. The molecule has 0 saturated carbocycles. The molecule has 5 aliphatic rings. The SMILES string of the molecule is CC(N)COCCOCC(C)NC(=O)CCCCCNS(=O)(=O)c1ccc(C2=c3cc4c5c(c3Oc3c2cc2c6c3CCCN6CCC2)CCC[N+]=5CCC4)c(S(=O)(=O)[O-])c1. The molecule has 3 aromatic rings. The Morgan fingerprint density at radius 3 is 2.36 bits per heavy atom. The molecule has 5 heterocycles. The number of anilines is 1. The van der Waals surface area contributed by atoms with Crippen LogP contribution in [-0.2, 0) is 60.1 Å². The van der Waals surface area contributed by atoms with Gasteiger partial charge in [0.2, 0.25) is 21.3 Å². The second kappa shape index (κ2) is 18.4. The van der Waals surface area contributed by atoms with Gasteiger partial charge < -0.3 is 34.7 Å². The maximum Gasteiger partial charge on any atom is 0.240 e. The van der Waals surface area contributed by atoms with Gasteiger partial charge in [-0.15, -0.1) is 0 Å². The van der Waals surface area contributed by atoms with Crippen LogP contribution >= 0.6 is 0 Å². The Bertz CT molecular complexity index is 2540. The Balaban J connectivity index is 1.03. The summed E-state index contributed by atoms with van der Waals surface area (Å²) in [5.41, 5.74) is 13.0. The summed E-state index contributed by atoms with van der Waals surface area (Å²) < 4.78 is 90.2. The van der Waals surface area contributed by atoms with Crippen LogP contribution < -0.4 is 40.6 Å². The summed E-state index contributed by atoms with van der Waals surface area (Å²) in [6, 6.07) is 7.92. The summed E-state index contributed by atoms with van der Waals surface area (Å²) in [4.78, 5) is 14.0. The smallest absolute Gasteiger partial charge is 0.240 e. The number of benzene rings is 3. The number of ether oxygens (including phenoxy) is 3. The third-order valence-corrected chi connectivity index (χ3v) is 14.7. The predicted octanol–water partition coefficient (Wildman–Crippen LogP) is 2.75. The lowest BCUT2D eigenvalue weighted by Crippen LogP contribution is -2.45. The number of nitrogens with two attached hydrogens (primary N) is 1. The highest BCUT2D eigenvalue weighted by Gasteiger charge is 2.36. The first-order valence-electron chi connectivity index (χ1n) is 22.0. The van der Waals surface area contributed by atoms with Crippen molar-refractivity contribution >= 4 is 37.3 Å². The summed E-state index contributed by atoms with van der Waals surface area (Å²) in [5, 5.41) is 4.86. The van der Waals surface area contributed by atoms with Crippen LogP contribution in [0.25, 0.3) is 5.57 Å². The molecule has 0 bridgehead atoms. The molecular weight excluding hydrogens is 819 g/mol. The van der Waals surface area contributed by atoms with Crippen molar-refractivity contribution in [2.45, 2.75) is 113 Å². The van der Waals surface area contributed by atoms with Crippen molar-refractivity contribution in [1.82, 2.24) is 14.6 Å².